The van der Waals surface area contributed by atoms with E-state index >= 15 is 0 Å². The second-order valence-electron chi connectivity index (χ2n) is 10.2. The summed E-state index contributed by atoms with van der Waals surface area (Å²) >= 11 is 6.20. The minimum Gasteiger partial charge on any atom is -0.378 e. The maximum atomic E-state index is 13.4. The average molecular weight is 510 g/mol. The van der Waals surface area contributed by atoms with E-state index in [0.717, 1.165) is 31.7 Å². The first-order valence-electron chi connectivity index (χ1n) is 12.7. The van der Waals surface area contributed by atoms with Crippen molar-refractivity contribution in [3.8, 4) is 17.2 Å². The number of pyridine rings is 1. The van der Waals surface area contributed by atoms with Gasteiger partial charge in [0.15, 0.2) is 17.4 Å². The van der Waals surface area contributed by atoms with Gasteiger partial charge < -0.3 is 4.74 Å². The van der Waals surface area contributed by atoms with Crippen LogP contribution in [0.25, 0.3) is 17.2 Å². The Morgan fingerprint density at radius 1 is 1.17 bits per heavy atom. The number of carbonyl (C=O) groups is 1. The lowest BCUT2D eigenvalue weighted by Gasteiger charge is -2.34. The molecule has 2 aromatic heterocycles. The number of ketones is 1. The smallest absolute Gasteiger partial charge is 0.352 e. The number of morpholine rings is 1. The number of halogens is 1. The molecular weight excluding hydrogens is 478 g/mol. The second-order valence-corrected chi connectivity index (χ2v) is 10.6. The Balaban J connectivity index is 1.39. The van der Waals surface area contributed by atoms with Crippen LogP contribution >= 0.6 is 11.6 Å². The third kappa shape index (κ3) is 5.31. The van der Waals surface area contributed by atoms with Crippen molar-refractivity contribution in [1.82, 2.24) is 24.2 Å². The number of hydrogen-bond donors (Lipinski definition) is 0. The van der Waals surface area contributed by atoms with E-state index in [-0.39, 0.29) is 18.2 Å². The number of ether oxygens (including phenoxy) is 1. The van der Waals surface area contributed by atoms with Crippen LogP contribution in [0.3, 0.4) is 0 Å². The predicted octanol–water partition coefficient (Wildman–Crippen LogP) is 3.77. The fraction of sp³-hybridized carbons (Fsp3) is 0.481. The molecule has 2 atom stereocenters. The van der Waals surface area contributed by atoms with Crippen LogP contribution in [0.15, 0.2) is 47.4 Å². The number of aromatic nitrogens is 4. The van der Waals surface area contributed by atoms with Gasteiger partial charge in [0, 0.05) is 41.8 Å². The van der Waals surface area contributed by atoms with E-state index in [1.54, 1.807) is 18.2 Å². The summed E-state index contributed by atoms with van der Waals surface area (Å²) in [5.41, 5.74) is 1.39. The molecule has 2 saturated heterocycles. The Bertz CT molecular complexity index is 1270. The first-order valence-corrected chi connectivity index (χ1v) is 13.0. The van der Waals surface area contributed by atoms with E-state index in [9.17, 15) is 9.59 Å². The minimum atomic E-state index is -0.396. The van der Waals surface area contributed by atoms with Crippen LogP contribution in [-0.2, 0) is 22.5 Å². The van der Waals surface area contributed by atoms with E-state index in [4.69, 9.17) is 16.3 Å². The molecule has 36 heavy (non-hydrogen) atoms. The summed E-state index contributed by atoms with van der Waals surface area (Å²) in [6.07, 6.45) is 5.52. The van der Waals surface area contributed by atoms with Gasteiger partial charge >= 0.3 is 5.69 Å². The zero-order chi connectivity index (χ0) is 25.2. The molecule has 190 valence electrons. The van der Waals surface area contributed by atoms with Gasteiger partial charge in [-0.15, -0.1) is 5.10 Å². The molecule has 0 saturated carbocycles. The zero-order valence-electron chi connectivity index (χ0n) is 20.8. The third-order valence-electron chi connectivity index (χ3n) is 6.99. The fourth-order valence-corrected chi connectivity index (χ4v) is 5.44. The van der Waals surface area contributed by atoms with Crippen LogP contribution < -0.4 is 5.69 Å². The van der Waals surface area contributed by atoms with Crippen molar-refractivity contribution in [3.63, 3.8) is 0 Å². The topological polar surface area (TPSA) is 82.2 Å². The quantitative estimate of drug-likeness (QED) is 0.436. The molecule has 2 aliphatic rings. The Kier molecular flexibility index (Phi) is 7.37. The van der Waals surface area contributed by atoms with Gasteiger partial charge in [-0.25, -0.2) is 9.78 Å². The van der Waals surface area contributed by atoms with Crippen molar-refractivity contribution in [1.29, 1.82) is 0 Å². The summed E-state index contributed by atoms with van der Waals surface area (Å²) in [4.78, 5) is 33.1. The standard InChI is InChI=1S/C27H32ClN5O3/c1-18(2)12-24(34)15-32-26(20-4-3-5-21(28)13-20)30-33(27(32)35)25-9-6-19(14-29-25)10-11-31-22-7-8-23(31)17-36-16-22/h3-6,9,13-14,18,22-23H,7-8,10-12,15-17H2,1-2H3. The molecule has 2 bridgehead atoms. The van der Waals surface area contributed by atoms with E-state index in [2.05, 4.69) is 15.0 Å². The van der Waals surface area contributed by atoms with Crippen molar-refractivity contribution in [2.24, 2.45) is 5.92 Å². The lowest BCUT2D eigenvalue weighted by Crippen LogP contribution is -2.46. The van der Waals surface area contributed by atoms with Gasteiger partial charge in [-0.05, 0) is 48.9 Å². The molecule has 0 N–H and O–H groups in total. The molecule has 5 rings (SSSR count). The minimum absolute atomic E-state index is 0.0182. The second kappa shape index (κ2) is 10.7. The summed E-state index contributed by atoms with van der Waals surface area (Å²) in [5.74, 6) is 1.01. The third-order valence-corrected chi connectivity index (χ3v) is 7.23. The number of Topliss-reactive ketones (excluding diaryl/α,β-unsaturated/α-hetero) is 1. The number of rotatable bonds is 9. The van der Waals surface area contributed by atoms with Crippen molar-refractivity contribution in [2.75, 3.05) is 19.8 Å². The number of nitrogens with zero attached hydrogens (tertiary/aromatic N) is 5. The highest BCUT2D eigenvalue weighted by Gasteiger charge is 2.36. The first-order chi connectivity index (χ1) is 17.4. The highest BCUT2D eigenvalue weighted by atomic mass is 35.5. The van der Waals surface area contributed by atoms with Gasteiger partial charge in [0.1, 0.15) is 0 Å². The molecule has 2 unspecified atom stereocenters. The lowest BCUT2D eigenvalue weighted by molar-refractivity contribution is -0.120. The molecule has 2 fully saturated rings. The highest BCUT2D eigenvalue weighted by molar-refractivity contribution is 6.30. The molecule has 3 aromatic rings. The van der Waals surface area contributed by atoms with Crippen LogP contribution in [0.5, 0.6) is 0 Å². The van der Waals surface area contributed by atoms with Crippen molar-refractivity contribution in [2.45, 2.75) is 58.2 Å². The largest absolute Gasteiger partial charge is 0.378 e. The summed E-state index contributed by atoms with van der Waals surface area (Å²) < 4.78 is 8.37. The number of carbonyl (C=O) groups excluding carboxylic acids is 1. The Morgan fingerprint density at radius 3 is 2.61 bits per heavy atom. The highest BCUT2D eigenvalue weighted by Crippen LogP contribution is 2.28. The normalized spacial score (nSPS) is 19.8. The summed E-state index contributed by atoms with van der Waals surface area (Å²) in [7, 11) is 0. The van der Waals surface area contributed by atoms with Gasteiger partial charge in [-0.2, -0.15) is 4.68 Å². The van der Waals surface area contributed by atoms with E-state index < -0.39 is 5.69 Å². The summed E-state index contributed by atoms with van der Waals surface area (Å²) in [6.45, 7) is 6.56. The van der Waals surface area contributed by atoms with E-state index in [0.29, 0.717) is 40.7 Å². The van der Waals surface area contributed by atoms with Crippen LogP contribution in [0.1, 0.15) is 38.7 Å². The van der Waals surface area contributed by atoms with Crippen molar-refractivity contribution in [3.05, 3.63) is 63.7 Å². The monoisotopic (exact) mass is 509 g/mol. The summed E-state index contributed by atoms with van der Waals surface area (Å²) in [6, 6.07) is 12.0. The summed E-state index contributed by atoms with van der Waals surface area (Å²) in [5, 5.41) is 5.11. The van der Waals surface area contributed by atoms with Crippen LogP contribution in [0.4, 0.5) is 0 Å². The average Bonchev–Trinajstić information content (AvgIpc) is 3.27. The maximum Gasteiger partial charge on any atom is 0.352 e. The lowest BCUT2D eigenvalue weighted by atomic mass is 10.1. The molecule has 0 aliphatic carbocycles. The first kappa shape index (κ1) is 24.9. The van der Waals surface area contributed by atoms with Gasteiger partial charge in [0.05, 0.1) is 19.8 Å². The number of hydrogen-bond acceptors (Lipinski definition) is 6. The van der Waals surface area contributed by atoms with Gasteiger partial charge in [-0.1, -0.05) is 43.6 Å². The number of fused-ring (bicyclic) bond motifs is 2. The Morgan fingerprint density at radius 2 is 1.94 bits per heavy atom. The fourth-order valence-electron chi connectivity index (χ4n) is 5.25. The SMILES string of the molecule is CC(C)CC(=O)Cn1c(-c2cccc(Cl)c2)nn(-c2ccc(CCN3C4CCC3COC4)cn2)c1=O. The zero-order valence-corrected chi connectivity index (χ0v) is 21.5. The predicted molar refractivity (Wildman–Crippen MR) is 139 cm³/mol. The van der Waals surface area contributed by atoms with E-state index in [1.807, 2.05) is 38.2 Å². The van der Waals surface area contributed by atoms with Gasteiger partial charge in [-0.3, -0.25) is 14.3 Å². The Labute approximate surface area is 215 Å². The van der Waals surface area contributed by atoms with Crippen LogP contribution in [-0.4, -0.2) is 61.9 Å². The van der Waals surface area contributed by atoms with Crippen molar-refractivity contribution < 1.29 is 9.53 Å². The molecule has 0 spiro atoms. The van der Waals surface area contributed by atoms with Crippen molar-refractivity contribution >= 4 is 17.4 Å². The molecule has 4 heterocycles. The van der Waals surface area contributed by atoms with Gasteiger partial charge in [0.25, 0.3) is 0 Å². The van der Waals surface area contributed by atoms with Gasteiger partial charge in [0.2, 0.25) is 0 Å². The molecular formula is C27H32ClN5O3. The molecule has 0 radical (unpaired) electrons. The number of benzene rings is 1. The van der Waals surface area contributed by atoms with Crippen LogP contribution in [0, 0.1) is 5.92 Å². The molecule has 9 heteroatoms. The Hall–Kier alpha value is -2.81. The molecule has 0 amide bonds. The van der Waals surface area contributed by atoms with Crippen LogP contribution in [0.2, 0.25) is 5.02 Å². The maximum absolute atomic E-state index is 13.4. The van der Waals surface area contributed by atoms with E-state index in [1.165, 1.54) is 22.1 Å². The molecule has 2 aliphatic heterocycles. The molecule has 1 aromatic carbocycles. The molecule has 8 nitrogen and oxygen atoms in total.